The van der Waals surface area contributed by atoms with Gasteiger partial charge in [0.05, 0.1) is 11.5 Å². The minimum absolute atomic E-state index is 0.0266. The molecular formula is C23H27N3O4S. The predicted octanol–water partition coefficient (Wildman–Crippen LogP) is 3.01. The number of carbonyl (C=O) groups is 1. The Morgan fingerprint density at radius 1 is 1.10 bits per heavy atom. The van der Waals surface area contributed by atoms with Crippen LogP contribution in [0.4, 0.5) is 0 Å². The van der Waals surface area contributed by atoms with E-state index < -0.39 is 10.0 Å². The summed E-state index contributed by atoms with van der Waals surface area (Å²) >= 11 is 0. The Bertz CT molecular complexity index is 1040. The van der Waals surface area contributed by atoms with Gasteiger partial charge in [-0.3, -0.25) is 4.79 Å². The second-order valence-electron chi connectivity index (χ2n) is 7.73. The van der Waals surface area contributed by atoms with Crippen molar-refractivity contribution in [2.45, 2.75) is 43.5 Å². The zero-order valence-corrected chi connectivity index (χ0v) is 18.1. The van der Waals surface area contributed by atoms with Crippen molar-refractivity contribution < 1.29 is 18.3 Å². The molecule has 0 aromatic heterocycles. The first kappa shape index (κ1) is 22.8. The van der Waals surface area contributed by atoms with E-state index in [-0.39, 0.29) is 29.9 Å². The summed E-state index contributed by atoms with van der Waals surface area (Å²) in [5.41, 5.74) is 2.08. The number of carbonyl (C=O) groups excluding carboxylic acids is 1. The van der Waals surface area contributed by atoms with Crippen LogP contribution in [0.1, 0.15) is 37.7 Å². The maximum absolute atomic E-state index is 12.9. The van der Waals surface area contributed by atoms with Crippen molar-refractivity contribution in [3.05, 3.63) is 54.1 Å². The van der Waals surface area contributed by atoms with Crippen molar-refractivity contribution in [2.75, 3.05) is 13.2 Å². The van der Waals surface area contributed by atoms with Gasteiger partial charge in [0.1, 0.15) is 0 Å². The van der Waals surface area contributed by atoms with Gasteiger partial charge in [0.15, 0.2) is 6.19 Å². The van der Waals surface area contributed by atoms with E-state index in [2.05, 4.69) is 0 Å². The fourth-order valence-corrected chi connectivity index (χ4v) is 5.02. The van der Waals surface area contributed by atoms with Crippen LogP contribution in [0.5, 0.6) is 0 Å². The maximum atomic E-state index is 12.9. The van der Waals surface area contributed by atoms with Gasteiger partial charge in [-0.2, -0.15) is 5.26 Å². The lowest BCUT2D eigenvalue weighted by molar-refractivity contribution is -0.137. The molecule has 8 heteroatoms. The second-order valence-corrected chi connectivity index (χ2v) is 9.38. The molecule has 2 N–H and O–H groups in total. The Labute approximate surface area is 183 Å². The standard InChI is InChI=1S/C23H27N3O4S/c24-17-25-31(29,30)22-9-5-4-8-21(22)19-12-10-18(11-13-19)16-26(14-15-27)23(28)20-6-2-1-3-7-20/h4-5,8-13,20,25,27H,1-3,6-7,14-16H2. The van der Waals surface area contributed by atoms with Crippen molar-refractivity contribution >= 4 is 15.9 Å². The predicted molar refractivity (Wildman–Crippen MR) is 117 cm³/mol. The number of amides is 1. The van der Waals surface area contributed by atoms with Crippen LogP contribution in [-0.4, -0.2) is 37.5 Å². The first-order valence-electron chi connectivity index (χ1n) is 10.4. The molecule has 31 heavy (non-hydrogen) atoms. The average Bonchev–Trinajstić information content (AvgIpc) is 2.79. The molecule has 164 valence electrons. The lowest BCUT2D eigenvalue weighted by atomic mass is 9.88. The molecule has 3 rings (SSSR count). The molecule has 1 amide bonds. The van der Waals surface area contributed by atoms with Crippen molar-refractivity contribution in [3.63, 3.8) is 0 Å². The van der Waals surface area contributed by atoms with Gasteiger partial charge in [-0.15, -0.1) is 0 Å². The molecule has 2 aromatic rings. The second kappa shape index (κ2) is 10.4. The fourth-order valence-electron chi connectivity index (χ4n) is 4.06. The highest BCUT2D eigenvalue weighted by molar-refractivity contribution is 7.89. The van der Waals surface area contributed by atoms with E-state index in [9.17, 15) is 18.3 Å². The van der Waals surface area contributed by atoms with E-state index in [0.717, 1.165) is 31.2 Å². The molecule has 1 aliphatic rings. The van der Waals surface area contributed by atoms with Crippen LogP contribution in [-0.2, 0) is 21.4 Å². The third-order valence-electron chi connectivity index (χ3n) is 5.63. The number of aliphatic hydroxyl groups excluding tert-OH is 1. The zero-order chi connectivity index (χ0) is 22.3. The highest BCUT2D eigenvalue weighted by Crippen LogP contribution is 2.29. The summed E-state index contributed by atoms with van der Waals surface area (Å²) in [5, 5.41) is 18.2. The Balaban J connectivity index is 1.80. The number of benzene rings is 2. The van der Waals surface area contributed by atoms with Gasteiger partial charge in [-0.25, -0.2) is 13.1 Å². The number of nitrogens with one attached hydrogen (secondary N) is 1. The van der Waals surface area contributed by atoms with E-state index in [1.165, 1.54) is 18.7 Å². The Morgan fingerprint density at radius 2 is 1.77 bits per heavy atom. The van der Waals surface area contributed by atoms with Gasteiger partial charge in [-0.1, -0.05) is 61.7 Å². The molecule has 2 aromatic carbocycles. The Hall–Kier alpha value is -2.89. The van der Waals surface area contributed by atoms with Crippen LogP contribution >= 0.6 is 0 Å². The number of aliphatic hydroxyl groups is 1. The van der Waals surface area contributed by atoms with Crippen LogP contribution in [0.15, 0.2) is 53.4 Å². The van der Waals surface area contributed by atoms with Crippen molar-refractivity contribution in [2.24, 2.45) is 5.92 Å². The molecule has 0 heterocycles. The maximum Gasteiger partial charge on any atom is 0.270 e. The minimum Gasteiger partial charge on any atom is -0.395 e. The molecule has 1 saturated carbocycles. The molecule has 0 bridgehead atoms. The first-order valence-corrected chi connectivity index (χ1v) is 11.9. The van der Waals surface area contributed by atoms with Gasteiger partial charge in [0, 0.05) is 24.6 Å². The molecule has 7 nitrogen and oxygen atoms in total. The number of rotatable bonds is 8. The number of nitriles is 1. The van der Waals surface area contributed by atoms with E-state index in [1.807, 2.05) is 16.9 Å². The average molecular weight is 442 g/mol. The van der Waals surface area contributed by atoms with Crippen LogP contribution in [0.2, 0.25) is 0 Å². The molecule has 0 radical (unpaired) electrons. The van der Waals surface area contributed by atoms with Crippen LogP contribution in [0, 0.1) is 17.4 Å². The zero-order valence-electron chi connectivity index (χ0n) is 17.3. The minimum atomic E-state index is -3.94. The van der Waals surface area contributed by atoms with E-state index >= 15 is 0 Å². The smallest absolute Gasteiger partial charge is 0.270 e. The molecular weight excluding hydrogens is 414 g/mol. The quantitative estimate of drug-likeness (QED) is 0.483. The number of hydrogen-bond acceptors (Lipinski definition) is 5. The van der Waals surface area contributed by atoms with Crippen LogP contribution < -0.4 is 4.72 Å². The third kappa shape index (κ3) is 5.63. The van der Waals surface area contributed by atoms with Crippen molar-refractivity contribution in [3.8, 4) is 17.3 Å². The summed E-state index contributed by atoms with van der Waals surface area (Å²) < 4.78 is 26.5. The van der Waals surface area contributed by atoms with E-state index in [4.69, 9.17) is 5.26 Å². The summed E-state index contributed by atoms with van der Waals surface area (Å²) in [6.45, 7) is 0.595. The third-order valence-corrected chi connectivity index (χ3v) is 6.93. The van der Waals surface area contributed by atoms with E-state index in [0.29, 0.717) is 17.7 Å². The number of hydrogen-bond donors (Lipinski definition) is 2. The van der Waals surface area contributed by atoms with Crippen LogP contribution in [0.25, 0.3) is 11.1 Å². The van der Waals surface area contributed by atoms with Gasteiger partial charge >= 0.3 is 0 Å². The highest BCUT2D eigenvalue weighted by Gasteiger charge is 2.26. The van der Waals surface area contributed by atoms with Gasteiger partial charge in [0.2, 0.25) is 5.91 Å². The topological polar surface area (TPSA) is 110 Å². The largest absolute Gasteiger partial charge is 0.395 e. The SMILES string of the molecule is N#CNS(=O)(=O)c1ccccc1-c1ccc(CN(CCO)C(=O)C2CCCCC2)cc1. The molecule has 0 unspecified atom stereocenters. The van der Waals surface area contributed by atoms with Gasteiger partial charge in [0.25, 0.3) is 10.0 Å². The molecule has 1 fully saturated rings. The summed E-state index contributed by atoms with van der Waals surface area (Å²) in [5.74, 6) is 0.126. The molecule has 0 aliphatic heterocycles. The number of sulfonamides is 1. The molecule has 0 spiro atoms. The Morgan fingerprint density at radius 3 is 2.42 bits per heavy atom. The summed E-state index contributed by atoms with van der Waals surface area (Å²) in [7, 11) is -3.94. The molecule has 1 aliphatic carbocycles. The van der Waals surface area contributed by atoms with Crippen molar-refractivity contribution in [1.29, 1.82) is 5.26 Å². The first-order chi connectivity index (χ1) is 15.0. The Kier molecular flexibility index (Phi) is 7.66. The summed E-state index contributed by atoms with van der Waals surface area (Å²) in [6, 6.07) is 13.8. The van der Waals surface area contributed by atoms with Gasteiger partial charge < -0.3 is 10.0 Å². The van der Waals surface area contributed by atoms with E-state index in [1.54, 1.807) is 35.2 Å². The monoisotopic (exact) mass is 441 g/mol. The molecule has 0 atom stereocenters. The van der Waals surface area contributed by atoms with Crippen LogP contribution in [0.3, 0.4) is 0 Å². The summed E-state index contributed by atoms with van der Waals surface area (Å²) in [4.78, 5) is 14.6. The fraction of sp³-hybridized carbons (Fsp3) is 0.391. The summed E-state index contributed by atoms with van der Waals surface area (Å²) in [6.07, 6.45) is 6.59. The molecule has 0 saturated heterocycles. The van der Waals surface area contributed by atoms with Crippen molar-refractivity contribution in [1.82, 2.24) is 9.62 Å². The number of nitrogens with zero attached hydrogens (tertiary/aromatic N) is 2. The lowest BCUT2D eigenvalue weighted by Crippen LogP contribution is -2.38. The highest BCUT2D eigenvalue weighted by atomic mass is 32.2. The lowest BCUT2D eigenvalue weighted by Gasteiger charge is -2.29. The van der Waals surface area contributed by atoms with Gasteiger partial charge in [-0.05, 0) is 30.0 Å². The normalized spacial score (nSPS) is 14.6.